The van der Waals surface area contributed by atoms with Gasteiger partial charge in [0.2, 0.25) is 5.95 Å². The number of aromatic nitrogens is 2. The third-order valence-electron chi connectivity index (χ3n) is 3.96. The third-order valence-corrected chi connectivity index (χ3v) is 3.96. The van der Waals surface area contributed by atoms with E-state index in [0.29, 0.717) is 17.9 Å². The highest BCUT2D eigenvalue weighted by Crippen LogP contribution is 2.29. The Morgan fingerprint density at radius 2 is 1.84 bits per heavy atom. The lowest BCUT2D eigenvalue weighted by Gasteiger charge is -2.30. The molecular weight excluding hydrogens is 238 g/mol. The molecule has 0 spiro atoms. The molecule has 1 aliphatic rings. The molecule has 0 aliphatic heterocycles. The average Bonchev–Trinajstić information content (AvgIpc) is 2.38. The van der Waals surface area contributed by atoms with Crippen molar-refractivity contribution < 1.29 is 5.11 Å². The van der Waals surface area contributed by atoms with E-state index < -0.39 is 0 Å². The van der Waals surface area contributed by atoms with Gasteiger partial charge in [0.15, 0.2) is 0 Å². The van der Waals surface area contributed by atoms with Gasteiger partial charge in [-0.2, -0.15) is 0 Å². The molecule has 0 saturated heterocycles. The molecule has 0 aromatic carbocycles. The zero-order valence-corrected chi connectivity index (χ0v) is 12.0. The third kappa shape index (κ3) is 4.16. The van der Waals surface area contributed by atoms with Gasteiger partial charge in [0, 0.05) is 24.0 Å². The van der Waals surface area contributed by atoms with Crippen LogP contribution in [0.25, 0.3) is 0 Å². The maximum atomic E-state index is 9.27. The van der Waals surface area contributed by atoms with Gasteiger partial charge in [0.05, 0.1) is 0 Å². The van der Waals surface area contributed by atoms with E-state index in [0.717, 1.165) is 17.8 Å². The number of anilines is 1. The van der Waals surface area contributed by atoms with Crippen LogP contribution in [0.5, 0.6) is 0 Å². The normalized spacial score (nSPS) is 18.3. The Bertz CT molecular complexity index is 382. The fourth-order valence-electron chi connectivity index (χ4n) is 3.06. The molecule has 1 aromatic heterocycles. The van der Waals surface area contributed by atoms with Crippen molar-refractivity contribution in [3.8, 4) is 0 Å². The topological polar surface area (TPSA) is 58.0 Å². The minimum Gasteiger partial charge on any atom is -0.396 e. The van der Waals surface area contributed by atoms with Crippen molar-refractivity contribution in [2.24, 2.45) is 5.92 Å². The minimum atomic E-state index is 0.221. The first-order chi connectivity index (χ1) is 9.19. The Kier molecular flexibility index (Phi) is 5.14. The Balaban J connectivity index is 2.06. The van der Waals surface area contributed by atoms with Crippen molar-refractivity contribution in [3.63, 3.8) is 0 Å². The highest BCUT2D eigenvalue weighted by atomic mass is 16.3. The molecule has 1 heterocycles. The Hall–Kier alpha value is -1.16. The van der Waals surface area contributed by atoms with Crippen LogP contribution in [0.2, 0.25) is 0 Å². The van der Waals surface area contributed by atoms with E-state index in [1.165, 1.54) is 32.1 Å². The minimum absolute atomic E-state index is 0.221. The van der Waals surface area contributed by atoms with Gasteiger partial charge in [-0.15, -0.1) is 0 Å². The standard InChI is InChI=1S/C15H25N3O/c1-11-10-12(2)17-15(16-11)18-14(8-9-19)13-6-4-3-5-7-13/h10,13-14,19H,3-9H2,1-2H3,(H,16,17,18). The van der Waals surface area contributed by atoms with E-state index in [9.17, 15) is 5.11 Å². The van der Waals surface area contributed by atoms with Gasteiger partial charge >= 0.3 is 0 Å². The molecule has 0 bridgehead atoms. The fourth-order valence-corrected chi connectivity index (χ4v) is 3.06. The number of aryl methyl sites for hydroxylation is 2. The predicted molar refractivity (Wildman–Crippen MR) is 77.2 cm³/mol. The second-order valence-electron chi connectivity index (χ2n) is 5.64. The van der Waals surface area contributed by atoms with Crippen molar-refractivity contribution in [1.29, 1.82) is 0 Å². The highest BCUT2D eigenvalue weighted by molar-refractivity contribution is 5.29. The van der Waals surface area contributed by atoms with Crippen LogP contribution in [0.3, 0.4) is 0 Å². The van der Waals surface area contributed by atoms with Gasteiger partial charge in [0.1, 0.15) is 0 Å². The van der Waals surface area contributed by atoms with Gasteiger partial charge in [-0.05, 0) is 45.1 Å². The molecule has 1 aliphatic carbocycles. The summed E-state index contributed by atoms with van der Waals surface area (Å²) in [7, 11) is 0. The smallest absolute Gasteiger partial charge is 0.223 e. The molecule has 0 radical (unpaired) electrons. The fraction of sp³-hybridized carbons (Fsp3) is 0.733. The predicted octanol–water partition coefficient (Wildman–Crippen LogP) is 2.84. The van der Waals surface area contributed by atoms with E-state index in [-0.39, 0.29) is 6.61 Å². The van der Waals surface area contributed by atoms with E-state index in [1.54, 1.807) is 0 Å². The summed E-state index contributed by atoms with van der Waals surface area (Å²) in [6.07, 6.45) is 7.25. The molecular formula is C15H25N3O. The lowest BCUT2D eigenvalue weighted by Crippen LogP contribution is -2.32. The van der Waals surface area contributed by atoms with E-state index >= 15 is 0 Å². The van der Waals surface area contributed by atoms with Gasteiger partial charge < -0.3 is 10.4 Å². The first-order valence-electron chi connectivity index (χ1n) is 7.38. The summed E-state index contributed by atoms with van der Waals surface area (Å²) in [6, 6.07) is 2.28. The number of rotatable bonds is 5. The summed E-state index contributed by atoms with van der Waals surface area (Å²) in [5, 5.41) is 12.7. The molecule has 2 N–H and O–H groups in total. The van der Waals surface area contributed by atoms with Gasteiger partial charge in [-0.1, -0.05) is 19.3 Å². The molecule has 4 heteroatoms. The number of aliphatic hydroxyl groups excluding tert-OH is 1. The van der Waals surface area contributed by atoms with Crippen LogP contribution in [0, 0.1) is 19.8 Å². The zero-order valence-electron chi connectivity index (χ0n) is 12.0. The van der Waals surface area contributed by atoms with Crippen molar-refractivity contribution >= 4 is 5.95 Å². The van der Waals surface area contributed by atoms with Gasteiger partial charge in [-0.3, -0.25) is 0 Å². The molecule has 1 saturated carbocycles. The molecule has 1 atom stereocenters. The van der Waals surface area contributed by atoms with E-state index in [4.69, 9.17) is 0 Å². The van der Waals surface area contributed by atoms with Crippen LogP contribution in [-0.2, 0) is 0 Å². The summed E-state index contributed by atoms with van der Waals surface area (Å²) < 4.78 is 0. The summed E-state index contributed by atoms with van der Waals surface area (Å²) in [4.78, 5) is 8.89. The molecule has 2 rings (SSSR count). The average molecular weight is 263 g/mol. The van der Waals surface area contributed by atoms with Gasteiger partial charge in [0.25, 0.3) is 0 Å². The van der Waals surface area contributed by atoms with Crippen LogP contribution >= 0.6 is 0 Å². The van der Waals surface area contributed by atoms with E-state index in [2.05, 4.69) is 15.3 Å². The zero-order chi connectivity index (χ0) is 13.7. The molecule has 1 aromatic rings. The van der Waals surface area contributed by atoms with E-state index in [1.807, 2.05) is 19.9 Å². The molecule has 4 nitrogen and oxygen atoms in total. The van der Waals surface area contributed by atoms with Crippen LogP contribution in [0.15, 0.2) is 6.07 Å². The Morgan fingerprint density at radius 1 is 1.21 bits per heavy atom. The van der Waals surface area contributed by atoms with Crippen LogP contribution < -0.4 is 5.32 Å². The lowest BCUT2D eigenvalue weighted by molar-refractivity contribution is 0.238. The second-order valence-corrected chi connectivity index (χ2v) is 5.64. The second kappa shape index (κ2) is 6.85. The largest absolute Gasteiger partial charge is 0.396 e. The van der Waals surface area contributed by atoms with Crippen molar-refractivity contribution in [3.05, 3.63) is 17.5 Å². The maximum Gasteiger partial charge on any atom is 0.223 e. The van der Waals surface area contributed by atoms with Crippen LogP contribution in [0.4, 0.5) is 5.95 Å². The summed E-state index contributed by atoms with van der Waals surface area (Å²) in [5.41, 5.74) is 1.97. The maximum absolute atomic E-state index is 9.27. The lowest BCUT2D eigenvalue weighted by atomic mass is 9.83. The first-order valence-corrected chi connectivity index (χ1v) is 7.38. The Morgan fingerprint density at radius 3 is 2.42 bits per heavy atom. The first kappa shape index (κ1) is 14.3. The summed E-state index contributed by atoms with van der Waals surface area (Å²) in [5.74, 6) is 1.35. The van der Waals surface area contributed by atoms with Gasteiger partial charge in [-0.25, -0.2) is 9.97 Å². The van der Waals surface area contributed by atoms with Crippen molar-refractivity contribution in [2.75, 3.05) is 11.9 Å². The number of hydrogen-bond acceptors (Lipinski definition) is 4. The highest BCUT2D eigenvalue weighted by Gasteiger charge is 2.23. The van der Waals surface area contributed by atoms with Crippen LogP contribution in [0.1, 0.15) is 49.9 Å². The number of aliphatic hydroxyl groups is 1. The number of nitrogens with one attached hydrogen (secondary N) is 1. The quantitative estimate of drug-likeness (QED) is 0.857. The molecule has 0 amide bonds. The van der Waals surface area contributed by atoms with Crippen molar-refractivity contribution in [1.82, 2.24) is 9.97 Å². The molecule has 19 heavy (non-hydrogen) atoms. The van der Waals surface area contributed by atoms with Crippen LogP contribution in [-0.4, -0.2) is 27.7 Å². The summed E-state index contributed by atoms with van der Waals surface area (Å²) in [6.45, 7) is 4.20. The molecule has 1 fully saturated rings. The summed E-state index contributed by atoms with van der Waals surface area (Å²) >= 11 is 0. The molecule has 1 unspecified atom stereocenters. The molecule has 106 valence electrons. The van der Waals surface area contributed by atoms with Crippen molar-refractivity contribution in [2.45, 2.75) is 58.4 Å². The number of nitrogens with zero attached hydrogens (tertiary/aromatic N) is 2. The number of hydrogen-bond donors (Lipinski definition) is 2. The Labute approximate surface area is 115 Å². The monoisotopic (exact) mass is 263 g/mol. The SMILES string of the molecule is Cc1cc(C)nc(NC(CCO)C2CCCCC2)n1.